The predicted molar refractivity (Wildman–Crippen MR) is 66.4 cm³/mol. The molecule has 0 N–H and O–H groups in total. The molecular formula is C11H9BrN2O4. The van der Waals surface area contributed by atoms with E-state index in [0.29, 0.717) is 0 Å². The lowest BCUT2D eigenvalue weighted by molar-refractivity contribution is -0.385. The smallest absolute Gasteiger partial charge is 0.339 e. The summed E-state index contributed by atoms with van der Waals surface area (Å²) in [4.78, 5) is 21.8. The minimum absolute atomic E-state index is 0.0282. The van der Waals surface area contributed by atoms with E-state index in [1.54, 1.807) is 6.92 Å². The molecule has 6 nitrogen and oxygen atoms in total. The van der Waals surface area contributed by atoms with E-state index in [0.717, 1.165) is 0 Å². The van der Waals surface area contributed by atoms with Crippen LogP contribution in [0, 0.1) is 21.4 Å². The molecule has 0 saturated carbocycles. The van der Waals surface area contributed by atoms with E-state index in [4.69, 9.17) is 10.00 Å². The number of carbonyl (C=O) groups is 1. The van der Waals surface area contributed by atoms with E-state index in [1.807, 2.05) is 6.07 Å². The Morgan fingerprint density at radius 1 is 1.61 bits per heavy atom. The zero-order valence-electron chi connectivity index (χ0n) is 9.47. The van der Waals surface area contributed by atoms with Crippen LogP contribution in [-0.4, -0.2) is 17.5 Å². The van der Waals surface area contributed by atoms with Crippen molar-refractivity contribution in [3.63, 3.8) is 0 Å². The molecule has 0 aromatic heterocycles. The van der Waals surface area contributed by atoms with Gasteiger partial charge in [-0.2, -0.15) is 5.26 Å². The van der Waals surface area contributed by atoms with Crippen LogP contribution in [0.15, 0.2) is 12.1 Å². The summed E-state index contributed by atoms with van der Waals surface area (Å²) < 4.78 is 4.80. The molecule has 18 heavy (non-hydrogen) atoms. The third-order valence-corrected chi connectivity index (χ3v) is 2.79. The molecule has 0 aliphatic rings. The SMILES string of the molecule is CCOC(=O)c1ccc([N+](=O)[O-])c(CBr)c1C#N. The zero-order valence-corrected chi connectivity index (χ0v) is 11.1. The number of hydrogen-bond donors (Lipinski definition) is 0. The summed E-state index contributed by atoms with van der Waals surface area (Å²) in [5.41, 5.74) is -0.0107. The van der Waals surface area contributed by atoms with Crippen LogP contribution in [0.5, 0.6) is 0 Å². The van der Waals surface area contributed by atoms with Gasteiger partial charge < -0.3 is 4.74 Å². The standard InChI is InChI=1S/C11H9BrN2O4/c1-2-18-11(15)7-3-4-10(14(16)17)8(5-12)9(7)6-13/h3-4H,2,5H2,1H3. The number of benzene rings is 1. The van der Waals surface area contributed by atoms with E-state index in [9.17, 15) is 14.9 Å². The summed E-state index contributed by atoms with van der Waals surface area (Å²) >= 11 is 3.08. The molecule has 0 unspecified atom stereocenters. The first-order chi connectivity index (χ1) is 8.56. The van der Waals surface area contributed by atoms with Gasteiger partial charge in [0.05, 0.1) is 28.2 Å². The Bertz CT molecular complexity index is 537. The molecule has 1 aromatic carbocycles. The van der Waals surface area contributed by atoms with Crippen molar-refractivity contribution >= 4 is 27.6 Å². The van der Waals surface area contributed by atoms with Crippen molar-refractivity contribution < 1.29 is 14.5 Å². The van der Waals surface area contributed by atoms with Crippen molar-refractivity contribution in [2.24, 2.45) is 0 Å². The van der Waals surface area contributed by atoms with Gasteiger partial charge in [-0.05, 0) is 13.0 Å². The third-order valence-electron chi connectivity index (χ3n) is 2.23. The summed E-state index contributed by atoms with van der Waals surface area (Å²) in [6.45, 7) is 1.81. The molecule has 0 bridgehead atoms. The van der Waals surface area contributed by atoms with E-state index < -0.39 is 10.9 Å². The average molecular weight is 313 g/mol. The lowest BCUT2D eigenvalue weighted by atomic mass is 10.0. The lowest BCUT2D eigenvalue weighted by Crippen LogP contribution is -2.09. The monoisotopic (exact) mass is 312 g/mol. The quantitative estimate of drug-likeness (QED) is 0.368. The molecule has 0 spiro atoms. The Morgan fingerprint density at radius 2 is 2.28 bits per heavy atom. The Kier molecular flexibility index (Phi) is 4.80. The first-order valence-corrected chi connectivity index (χ1v) is 6.12. The van der Waals surface area contributed by atoms with Crippen LogP contribution in [0.4, 0.5) is 5.69 Å². The normalized spacial score (nSPS) is 9.61. The number of carbonyl (C=O) groups excluding carboxylic acids is 1. The minimum Gasteiger partial charge on any atom is -0.462 e. The largest absolute Gasteiger partial charge is 0.462 e. The first kappa shape index (κ1) is 14.1. The zero-order chi connectivity index (χ0) is 13.7. The number of hydrogen-bond acceptors (Lipinski definition) is 5. The summed E-state index contributed by atoms with van der Waals surface area (Å²) in [6, 6.07) is 4.25. The molecule has 0 fully saturated rings. The van der Waals surface area contributed by atoms with Crippen molar-refractivity contribution in [1.82, 2.24) is 0 Å². The summed E-state index contributed by atoms with van der Waals surface area (Å²) in [5.74, 6) is -0.661. The van der Waals surface area contributed by atoms with E-state index in [2.05, 4.69) is 15.9 Å². The summed E-state index contributed by atoms with van der Waals surface area (Å²) in [5, 5.41) is 20.0. The topological polar surface area (TPSA) is 93.2 Å². The number of halogens is 1. The third kappa shape index (κ3) is 2.65. The number of alkyl halides is 1. The molecule has 0 amide bonds. The van der Waals surface area contributed by atoms with Crippen LogP contribution in [0.25, 0.3) is 0 Å². The number of nitrogens with zero attached hydrogens (tertiary/aromatic N) is 2. The van der Waals surface area contributed by atoms with Gasteiger partial charge in [0.1, 0.15) is 6.07 Å². The fourth-order valence-corrected chi connectivity index (χ4v) is 2.02. The van der Waals surface area contributed by atoms with Crippen molar-refractivity contribution in [2.75, 3.05) is 6.61 Å². The van der Waals surface area contributed by atoms with E-state index in [1.165, 1.54) is 12.1 Å². The number of nitriles is 1. The van der Waals surface area contributed by atoms with Crippen LogP contribution in [0.1, 0.15) is 28.4 Å². The Balaban J connectivity index is 3.45. The van der Waals surface area contributed by atoms with Gasteiger partial charge in [-0.15, -0.1) is 0 Å². The van der Waals surface area contributed by atoms with Crippen LogP contribution in [-0.2, 0) is 10.1 Å². The van der Waals surface area contributed by atoms with Gasteiger partial charge in [0.25, 0.3) is 5.69 Å². The van der Waals surface area contributed by atoms with Crippen molar-refractivity contribution in [3.8, 4) is 6.07 Å². The molecule has 0 heterocycles. The van der Waals surface area contributed by atoms with Gasteiger partial charge in [0, 0.05) is 11.4 Å². The Morgan fingerprint density at radius 3 is 2.72 bits per heavy atom. The first-order valence-electron chi connectivity index (χ1n) is 5.00. The fraction of sp³-hybridized carbons (Fsp3) is 0.273. The summed E-state index contributed by atoms with van der Waals surface area (Å²) in [6.07, 6.45) is 0. The van der Waals surface area contributed by atoms with Crippen LogP contribution < -0.4 is 0 Å². The molecule has 0 atom stereocenters. The molecule has 94 valence electrons. The number of nitro benzene ring substituents is 1. The molecule has 0 aliphatic carbocycles. The van der Waals surface area contributed by atoms with Gasteiger partial charge in [-0.3, -0.25) is 10.1 Å². The van der Waals surface area contributed by atoms with Crippen LogP contribution >= 0.6 is 15.9 Å². The number of ether oxygens (including phenoxy) is 1. The molecule has 1 rings (SSSR count). The summed E-state index contributed by atoms with van der Waals surface area (Å²) in [7, 11) is 0. The highest BCUT2D eigenvalue weighted by atomic mass is 79.9. The van der Waals surface area contributed by atoms with Crippen molar-refractivity contribution in [2.45, 2.75) is 12.3 Å². The highest BCUT2D eigenvalue weighted by Gasteiger charge is 2.23. The molecule has 0 aliphatic heterocycles. The van der Waals surface area contributed by atoms with Crippen LogP contribution in [0.3, 0.4) is 0 Å². The van der Waals surface area contributed by atoms with Gasteiger partial charge in [0.15, 0.2) is 0 Å². The molecule has 1 aromatic rings. The van der Waals surface area contributed by atoms with Gasteiger partial charge in [-0.1, -0.05) is 15.9 Å². The Hall–Kier alpha value is -1.94. The second-order valence-electron chi connectivity index (χ2n) is 3.21. The number of esters is 1. The maximum Gasteiger partial charge on any atom is 0.339 e. The predicted octanol–water partition coefficient (Wildman–Crippen LogP) is 2.54. The highest BCUT2D eigenvalue weighted by molar-refractivity contribution is 9.08. The number of rotatable bonds is 4. The van der Waals surface area contributed by atoms with Gasteiger partial charge in [-0.25, -0.2) is 4.79 Å². The average Bonchev–Trinajstić information content (AvgIpc) is 2.36. The fourth-order valence-electron chi connectivity index (χ4n) is 1.45. The Labute approximate surface area is 111 Å². The van der Waals surface area contributed by atoms with Crippen molar-refractivity contribution in [1.29, 1.82) is 5.26 Å². The molecule has 0 saturated heterocycles. The van der Waals surface area contributed by atoms with Crippen molar-refractivity contribution in [3.05, 3.63) is 38.9 Å². The number of nitro groups is 1. The van der Waals surface area contributed by atoms with E-state index >= 15 is 0 Å². The van der Waals surface area contributed by atoms with E-state index in [-0.39, 0.29) is 34.3 Å². The van der Waals surface area contributed by atoms with Gasteiger partial charge >= 0.3 is 5.97 Å². The van der Waals surface area contributed by atoms with Crippen LogP contribution in [0.2, 0.25) is 0 Å². The van der Waals surface area contributed by atoms with Gasteiger partial charge in [0.2, 0.25) is 0 Å². The molecule has 0 radical (unpaired) electrons. The molecule has 7 heteroatoms. The molecular weight excluding hydrogens is 304 g/mol. The maximum atomic E-state index is 11.6. The highest BCUT2D eigenvalue weighted by Crippen LogP contribution is 2.27. The maximum absolute atomic E-state index is 11.6. The second-order valence-corrected chi connectivity index (χ2v) is 3.77. The lowest BCUT2D eigenvalue weighted by Gasteiger charge is -2.07. The second kappa shape index (κ2) is 6.12. The minimum atomic E-state index is -0.661.